The van der Waals surface area contributed by atoms with Gasteiger partial charge in [-0.2, -0.15) is 0 Å². The Balaban J connectivity index is 1.40. The van der Waals surface area contributed by atoms with Crippen LogP contribution < -0.4 is 5.32 Å². The maximum atomic E-state index is 12.0. The van der Waals surface area contributed by atoms with Crippen molar-refractivity contribution in [3.8, 4) is 0 Å². The van der Waals surface area contributed by atoms with Crippen LogP contribution in [-0.4, -0.2) is 47.2 Å². The van der Waals surface area contributed by atoms with Gasteiger partial charge in [-0.15, -0.1) is 0 Å². The molecule has 0 bridgehead atoms. The first kappa shape index (κ1) is 13.4. The van der Waals surface area contributed by atoms with Crippen molar-refractivity contribution in [1.29, 1.82) is 0 Å². The van der Waals surface area contributed by atoms with Crippen LogP contribution in [0.4, 0.5) is 0 Å². The molecular weight excluding hydrogens is 240 g/mol. The molecule has 1 aliphatic heterocycles. The molecule has 0 radical (unpaired) electrons. The van der Waals surface area contributed by atoms with Gasteiger partial charge >= 0.3 is 0 Å². The Morgan fingerprint density at radius 1 is 1.26 bits per heavy atom. The zero-order chi connectivity index (χ0) is 13.5. The molecule has 2 atom stereocenters. The average Bonchev–Trinajstić information content (AvgIpc) is 3.14. The highest BCUT2D eigenvalue weighted by Crippen LogP contribution is 2.44. The van der Waals surface area contributed by atoms with Crippen molar-refractivity contribution < 1.29 is 9.90 Å². The summed E-state index contributed by atoms with van der Waals surface area (Å²) in [6, 6.07) is 0.366. The molecule has 0 aromatic carbocycles. The van der Waals surface area contributed by atoms with E-state index in [1.54, 1.807) is 0 Å². The quantitative estimate of drug-likeness (QED) is 0.802. The lowest BCUT2D eigenvalue weighted by molar-refractivity contribution is -0.137. The lowest BCUT2D eigenvalue weighted by Crippen LogP contribution is -2.64. The third-order valence-corrected chi connectivity index (χ3v) is 5.16. The Bertz CT molecular complexity index is 348. The van der Waals surface area contributed by atoms with Crippen LogP contribution in [0, 0.1) is 11.8 Å². The summed E-state index contributed by atoms with van der Waals surface area (Å²) in [6.07, 6.45) is 7.22. The Hall–Kier alpha value is -0.610. The molecule has 0 aromatic heterocycles. The van der Waals surface area contributed by atoms with Gasteiger partial charge in [-0.1, -0.05) is 19.8 Å². The molecule has 1 amide bonds. The number of carbonyl (C=O) groups is 1. The van der Waals surface area contributed by atoms with E-state index in [2.05, 4.69) is 17.1 Å². The first-order valence-electron chi connectivity index (χ1n) is 7.81. The predicted molar refractivity (Wildman–Crippen MR) is 73.7 cm³/mol. The number of nitrogens with zero attached hydrogens (tertiary/aromatic N) is 1. The minimum atomic E-state index is -0.474. The summed E-state index contributed by atoms with van der Waals surface area (Å²) in [5.74, 6) is 1.25. The van der Waals surface area contributed by atoms with Crippen molar-refractivity contribution in [2.45, 2.75) is 57.1 Å². The van der Waals surface area contributed by atoms with Crippen molar-refractivity contribution in [1.82, 2.24) is 10.2 Å². The number of likely N-dealkylation sites (tertiary alicyclic amines) is 1. The molecule has 4 nitrogen and oxygen atoms in total. The van der Waals surface area contributed by atoms with Crippen molar-refractivity contribution in [3.63, 3.8) is 0 Å². The summed E-state index contributed by atoms with van der Waals surface area (Å²) in [5.41, 5.74) is -0.474. The molecule has 19 heavy (non-hydrogen) atoms. The smallest absolute Gasteiger partial charge is 0.234 e. The van der Waals surface area contributed by atoms with Gasteiger partial charge < -0.3 is 10.4 Å². The first-order valence-corrected chi connectivity index (χ1v) is 7.81. The number of β-amino-alcohol motifs (C(OH)–C–C–N with tert-alkyl or cyclic N) is 1. The maximum absolute atomic E-state index is 12.0. The molecule has 108 valence electrons. The molecule has 4 heteroatoms. The van der Waals surface area contributed by atoms with Gasteiger partial charge in [0.2, 0.25) is 5.91 Å². The van der Waals surface area contributed by atoms with E-state index in [4.69, 9.17) is 0 Å². The number of carbonyl (C=O) groups excluding carboxylic acids is 1. The van der Waals surface area contributed by atoms with Crippen LogP contribution in [0.3, 0.4) is 0 Å². The van der Waals surface area contributed by atoms with Gasteiger partial charge in [0.05, 0.1) is 12.1 Å². The fourth-order valence-electron chi connectivity index (χ4n) is 3.71. The highest BCUT2D eigenvalue weighted by molar-refractivity contribution is 5.78. The molecule has 1 heterocycles. The molecule has 2 aliphatic carbocycles. The van der Waals surface area contributed by atoms with Gasteiger partial charge in [0.1, 0.15) is 0 Å². The molecule has 2 unspecified atom stereocenters. The van der Waals surface area contributed by atoms with Crippen molar-refractivity contribution >= 4 is 5.91 Å². The monoisotopic (exact) mass is 266 g/mol. The zero-order valence-corrected chi connectivity index (χ0v) is 11.9. The highest BCUT2D eigenvalue weighted by Gasteiger charge is 2.51. The summed E-state index contributed by atoms with van der Waals surface area (Å²) >= 11 is 0. The predicted octanol–water partition coefficient (Wildman–Crippen LogP) is 1.14. The maximum Gasteiger partial charge on any atom is 0.234 e. The van der Waals surface area contributed by atoms with Crippen LogP contribution in [0.25, 0.3) is 0 Å². The Labute approximate surface area is 115 Å². The van der Waals surface area contributed by atoms with Gasteiger partial charge in [-0.05, 0) is 37.5 Å². The zero-order valence-electron chi connectivity index (χ0n) is 11.9. The second-order valence-corrected chi connectivity index (χ2v) is 6.96. The molecular formula is C15H26N2O2. The van der Waals surface area contributed by atoms with Crippen LogP contribution in [0.2, 0.25) is 0 Å². The van der Waals surface area contributed by atoms with Crippen molar-refractivity contribution in [3.05, 3.63) is 0 Å². The van der Waals surface area contributed by atoms with E-state index < -0.39 is 5.60 Å². The Morgan fingerprint density at radius 3 is 2.58 bits per heavy atom. The van der Waals surface area contributed by atoms with Crippen LogP contribution in [-0.2, 0) is 4.79 Å². The van der Waals surface area contributed by atoms with E-state index in [1.807, 2.05) is 0 Å². The minimum absolute atomic E-state index is 0.136. The minimum Gasteiger partial charge on any atom is -0.387 e. The molecule has 3 rings (SSSR count). The van der Waals surface area contributed by atoms with Crippen LogP contribution in [0.15, 0.2) is 0 Å². The second kappa shape index (κ2) is 5.06. The van der Waals surface area contributed by atoms with E-state index in [-0.39, 0.29) is 5.91 Å². The fourth-order valence-corrected chi connectivity index (χ4v) is 3.71. The van der Waals surface area contributed by atoms with Crippen LogP contribution in [0.1, 0.15) is 45.4 Å². The average molecular weight is 266 g/mol. The first-order chi connectivity index (χ1) is 9.07. The molecule has 2 N–H and O–H groups in total. The number of nitrogens with one attached hydrogen (secondary N) is 1. The Kier molecular flexibility index (Phi) is 3.56. The van der Waals surface area contributed by atoms with Gasteiger partial charge in [-0.3, -0.25) is 9.69 Å². The van der Waals surface area contributed by atoms with Gasteiger partial charge in [0, 0.05) is 19.1 Å². The molecule has 2 saturated carbocycles. The molecule has 0 spiro atoms. The summed E-state index contributed by atoms with van der Waals surface area (Å²) in [7, 11) is 0. The number of hydrogen-bond acceptors (Lipinski definition) is 3. The molecule has 1 saturated heterocycles. The Morgan fingerprint density at radius 2 is 1.95 bits per heavy atom. The number of amides is 1. The summed E-state index contributed by atoms with van der Waals surface area (Å²) in [5, 5.41) is 13.4. The lowest BCUT2D eigenvalue weighted by atomic mass is 9.86. The van der Waals surface area contributed by atoms with Gasteiger partial charge in [0.25, 0.3) is 0 Å². The third kappa shape index (κ3) is 2.95. The number of rotatable bonds is 4. The molecule has 3 fully saturated rings. The molecule has 3 aliphatic rings. The SMILES string of the molecule is CC1CCCCC1NC(=O)CN1CC(O)(C2CC2)C1. The van der Waals surface area contributed by atoms with Gasteiger partial charge in [-0.25, -0.2) is 0 Å². The van der Waals surface area contributed by atoms with E-state index in [0.29, 0.717) is 37.5 Å². The van der Waals surface area contributed by atoms with Crippen LogP contribution in [0.5, 0.6) is 0 Å². The number of aliphatic hydroxyl groups is 1. The fraction of sp³-hybridized carbons (Fsp3) is 0.933. The van der Waals surface area contributed by atoms with E-state index >= 15 is 0 Å². The van der Waals surface area contributed by atoms with E-state index in [0.717, 1.165) is 19.3 Å². The third-order valence-electron chi connectivity index (χ3n) is 5.16. The number of hydrogen-bond donors (Lipinski definition) is 2. The van der Waals surface area contributed by atoms with Crippen molar-refractivity contribution in [2.75, 3.05) is 19.6 Å². The van der Waals surface area contributed by atoms with E-state index in [9.17, 15) is 9.90 Å². The van der Waals surface area contributed by atoms with Crippen molar-refractivity contribution in [2.24, 2.45) is 11.8 Å². The van der Waals surface area contributed by atoms with E-state index in [1.165, 1.54) is 19.3 Å². The van der Waals surface area contributed by atoms with Crippen LogP contribution >= 0.6 is 0 Å². The standard InChI is InChI=1S/C15H26N2O2/c1-11-4-2-3-5-13(11)16-14(18)8-17-9-15(19,10-17)12-6-7-12/h11-13,19H,2-10H2,1H3,(H,16,18). The highest BCUT2D eigenvalue weighted by atomic mass is 16.3. The lowest BCUT2D eigenvalue weighted by Gasteiger charge is -2.46. The second-order valence-electron chi connectivity index (χ2n) is 6.96. The summed E-state index contributed by atoms with van der Waals surface area (Å²) in [4.78, 5) is 14.1. The topological polar surface area (TPSA) is 52.6 Å². The summed E-state index contributed by atoms with van der Waals surface area (Å²) < 4.78 is 0. The van der Waals surface area contributed by atoms with Gasteiger partial charge in [0.15, 0.2) is 0 Å². The largest absolute Gasteiger partial charge is 0.387 e. The normalized spacial score (nSPS) is 34.6. The molecule has 0 aromatic rings. The summed E-state index contributed by atoms with van der Waals surface area (Å²) in [6.45, 7) is 4.06.